The number of aromatic nitrogens is 3. The summed E-state index contributed by atoms with van der Waals surface area (Å²) < 4.78 is 28.5. The lowest BCUT2D eigenvalue weighted by Crippen LogP contribution is -2.37. The lowest BCUT2D eigenvalue weighted by Gasteiger charge is -2.13. The Labute approximate surface area is 297 Å². The summed E-state index contributed by atoms with van der Waals surface area (Å²) in [5.74, 6) is 4.13. The minimum atomic E-state index is -1.82. The van der Waals surface area contributed by atoms with E-state index in [1.54, 1.807) is 26.2 Å². The topological polar surface area (TPSA) is 206 Å². The molecule has 0 saturated carbocycles. The van der Waals surface area contributed by atoms with Gasteiger partial charge in [-0.25, -0.2) is 23.7 Å². The molecule has 6 rings (SSSR count). The van der Waals surface area contributed by atoms with E-state index in [1.165, 1.54) is 64.5 Å². The van der Waals surface area contributed by atoms with Crippen molar-refractivity contribution in [1.29, 1.82) is 0 Å². The number of primary amides is 2. The number of carbonyl (C=O) groups excluding carboxylic acids is 4. The Kier molecular flexibility index (Phi) is 12.1. The number of nitrogens with zero attached hydrogens (tertiary/aromatic N) is 5. The van der Waals surface area contributed by atoms with Gasteiger partial charge in [-0.05, 0) is 55.0 Å². The van der Waals surface area contributed by atoms with Crippen LogP contribution in [0.25, 0.3) is 22.6 Å². The van der Waals surface area contributed by atoms with Gasteiger partial charge in [-0.3, -0.25) is 19.2 Å². The molecule has 0 bridgehead atoms. The second-order valence-electron chi connectivity index (χ2n) is 11.6. The molecule has 6 N–H and O–H groups in total. The number of benzene rings is 2. The highest BCUT2D eigenvalue weighted by molar-refractivity contribution is 5.92. The summed E-state index contributed by atoms with van der Waals surface area (Å²) in [4.78, 5) is 59.6. The zero-order valence-electron chi connectivity index (χ0n) is 28.0. The Balaban J connectivity index is 0.000000200. The standard InChI is InChI=1S/C18H15FN4O3.C14H9FN2O.C5H9NO2/c1-23-10-8-18(26,17(23)25)7-5-11-3-2-4-12(14(11)19)16-21-9-6-13(22-16)15(20)24;1-2-9-6-7-11(15)10(8-9)12-4-3-5-13(17-12)14(16)18;1-6-3-2-4(7)5(6)8/h2-4,6,9,26H,8,10H2,1H3,(H2,20,24);1,3-8H,(H2,16,18);4,7H,2-3H2,1H3/t18-;;4-/m0.0/s1. The molecule has 13 nitrogen and oxygen atoms in total. The first kappa shape index (κ1) is 38.3. The number of terminal acetylenes is 1. The number of rotatable bonds is 4. The van der Waals surface area contributed by atoms with Gasteiger partial charge in [0.05, 0.1) is 16.8 Å². The van der Waals surface area contributed by atoms with E-state index in [9.17, 15) is 33.1 Å². The second-order valence-corrected chi connectivity index (χ2v) is 11.6. The number of carbonyl (C=O) groups is 4. The molecule has 4 amide bonds. The van der Waals surface area contributed by atoms with Crippen LogP contribution in [0.3, 0.4) is 0 Å². The van der Waals surface area contributed by atoms with Crippen LogP contribution in [0.2, 0.25) is 0 Å². The Morgan fingerprint density at radius 1 is 0.942 bits per heavy atom. The maximum absolute atomic E-state index is 14.8. The minimum absolute atomic E-state index is 0.0159. The average molecular weight is 710 g/mol. The Bertz CT molecular complexity index is 2130. The molecule has 15 heteroatoms. The van der Waals surface area contributed by atoms with E-state index in [2.05, 4.69) is 32.7 Å². The predicted octanol–water partition coefficient (Wildman–Crippen LogP) is 1.50. The number of hydrogen-bond acceptors (Lipinski definition) is 9. The lowest BCUT2D eigenvalue weighted by atomic mass is 10.0. The summed E-state index contributed by atoms with van der Waals surface area (Å²) in [6, 6.07) is 14.6. The SMILES string of the molecule is C#Cc1ccc(F)c(-c2cccc(C(N)=O)n2)c1.CN1CC[C@@](O)(C#Cc2cccc(-c3nccc(C(N)=O)n3)c2F)C1=O.CN1CC[C@H](O)C1=O. The Morgan fingerprint density at radius 2 is 1.63 bits per heavy atom. The molecular weight excluding hydrogens is 676 g/mol. The number of amides is 4. The second kappa shape index (κ2) is 16.4. The first-order valence-corrected chi connectivity index (χ1v) is 15.5. The number of nitrogens with two attached hydrogens (primary N) is 2. The van der Waals surface area contributed by atoms with Gasteiger partial charge in [-0.15, -0.1) is 6.42 Å². The highest BCUT2D eigenvalue weighted by Crippen LogP contribution is 2.25. The van der Waals surface area contributed by atoms with Crippen molar-refractivity contribution >= 4 is 23.6 Å². The number of pyridine rings is 1. The van der Waals surface area contributed by atoms with E-state index in [0.717, 1.165) is 0 Å². The van der Waals surface area contributed by atoms with E-state index in [0.29, 0.717) is 30.8 Å². The molecule has 2 aliphatic heterocycles. The van der Waals surface area contributed by atoms with Gasteiger partial charge in [-0.2, -0.15) is 0 Å². The summed E-state index contributed by atoms with van der Waals surface area (Å²) in [5.41, 5.74) is 9.63. The molecule has 0 unspecified atom stereocenters. The largest absolute Gasteiger partial charge is 0.383 e. The van der Waals surface area contributed by atoms with Gasteiger partial charge in [0.15, 0.2) is 5.82 Å². The number of halogens is 2. The predicted molar refractivity (Wildman–Crippen MR) is 184 cm³/mol. The van der Waals surface area contributed by atoms with E-state index >= 15 is 0 Å². The molecule has 2 aromatic carbocycles. The molecule has 2 atom stereocenters. The highest BCUT2D eigenvalue weighted by Gasteiger charge is 2.42. The maximum Gasteiger partial charge on any atom is 0.267 e. The van der Waals surface area contributed by atoms with Crippen LogP contribution >= 0.6 is 0 Å². The normalized spacial score (nSPS) is 17.5. The van der Waals surface area contributed by atoms with Gasteiger partial charge in [0.1, 0.15) is 29.1 Å². The van der Waals surface area contributed by atoms with Crippen LogP contribution in [0.5, 0.6) is 0 Å². The van der Waals surface area contributed by atoms with Gasteiger partial charge in [0.25, 0.3) is 23.6 Å². The fourth-order valence-electron chi connectivity index (χ4n) is 4.90. The van der Waals surface area contributed by atoms with Crippen LogP contribution in [0.1, 0.15) is 44.9 Å². The molecule has 2 saturated heterocycles. The molecule has 0 spiro atoms. The Morgan fingerprint density at radius 3 is 2.21 bits per heavy atom. The van der Waals surface area contributed by atoms with Crippen LogP contribution < -0.4 is 11.5 Å². The van der Waals surface area contributed by atoms with E-state index in [-0.39, 0.29) is 46.2 Å². The number of aliphatic hydroxyl groups is 2. The van der Waals surface area contributed by atoms with Crippen molar-refractivity contribution in [3.8, 4) is 46.8 Å². The van der Waals surface area contributed by atoms with Gasteiger partial charge < -0.3 is 31.5 Å². The molecule has 0 aliphatic carbocycles. The lowest BCUT2D eigenvalue weighted by molar-refractivity contribution is -0.137. The van der Waals surface area contributed by atoms with Gasteiger partial charge in [0.2, 0.25) is 5.60 Å². The van der Waals surface area contributed by atoms with Gasteiger partial charge >= 0.3 is 0 Å². The van der Waals surface area contributed by atoms with Crippen LogP contribution in [0, 0.1) is 35.8 Å². The zero-order valence-corrected chi connectivity index (χ0v) is 28.0. The van der Waals surface area contributed by atoms with Crippen molar-refractivity contribution in [2.24, 2.45) is 11.5 Å². The fourth-order valence-corrected chi connectivity index (χ4v) is 4.90. The zero-order chi connectivity index (χ0) is 38.2. The summed E-state index contributed by atoms with van der Waals surface area (Å²) in [6.45, 7) is 1.07. The van der Waals surface area contributed by atoms with Crippen LogP contribution in [-0.2, 0) is 9.59 Å². The summed E-state index contributed by atoms with van der Waals surface area (Å²) >= 11 is 0. The first-order chi connectivity index (χ1) is 24.6. The third-order valence-corrected chi connectivity index (χ3v) is 7.87. The van der Waals surface area contributed by atoms with Crippen LogP contribution in [0.15, 0.2) is 66.9 Å². The third kappa shape index (κ3) is 8.97. The van der Waals surface area contributed by atoms with Crippen molar-refractivity contribution in [2.45, 2.75) is 24.5 Å². The molecule has 4 heterocycles. The molecule has 2 fully saturated rings. The van der Waals surface area contributed by atoms with Crippen molar-refractivity contribution in [3.05, 3.63) is 101 Å². The summed E-state index contributed by atoms with van der Waals surface area (Å²) in [6.07, 6.45) is 6.58. The van der Waals surface area contributed by atoms with Crippen LogP contribution in [0.4, 0.5) is 8.78 Å². The number of likely N-dealkylation sites (N-methyl/N-ethyl adjacent to an activating group) is 2. The van der Waals surface area contributed by atoms with Crippen molar-refractivity contribution in [2.75, 3.05) is 27.2 Å². The van der Waals surface area contributed by atoms with Crippen molar-refractivity contribution < 1.29 is 38.2 Å². The van der Waals surface area contributed by atoms with E-state index in [1.807, 2.05) is 0 Å². The maximum atomic E-state index is 14.8. The first-order valence-electron chi connectivity index (χ1n) is 15.5. The van der Waals surface area contributed by atoms with Crippen LogP contribution in [-0.4, -0.2) is 97.5 Å². The Hall–Kier alpha value is -6.55. The molecule has 2 aliphatic rings. The summed E-state index contributed by atoms with van der Waals surface area (Å²) in [7, 11) is 3.25. The molecule has 52 heavy (non-hydrogen) atoms. The quantitative estimate of drug-likeness (QED) is 0.226. The minimum Gasteiger partial charge on any atom is -0.383 e. The summed E-state index contributed by atoms with van der Waals surface area (Å²) in [5, 5.41) is 19.1. The van der Waals surface area contributed by atoms with Crippen molar-refractivity contribution in [1.82, 2.24) is 24.8 Å². The van der Waals surface area contributed by atoms with Gasteiger partial charge in [0, 0.05) is 50.9 Å². The number of likely N-dealkylation sites (tertiary alicyclic amines) is 2. The van der Waals surface area contributed by atoms with Crippen molar-refractivity contribution in [3.63, 3.8) is 0 Å². The van der Waals surface area contributed by atoms with E-state index in [4.69, 9.17) is 23.0 Å². The molecule has 0 radical (unpaired) electrons. The number of aliphatic hydroxyl groups excluding tert-OH is 1. The molecule has 4 aromatic rings. The monoisotopic (exact) mass is 709 g/mol. The fraction of sp³-hybridized carbons (Fsp3) is 0.216. The molecular formula is C37H33F2N7O6. The average Bonchev–Trinajstić information content (AvgIpc) is 3.58. The number of hydrogen-bond donors (Lipinski definition) is 4. The molecule has 266 valence electrons. The smallest absolute Gasteiger partial charge is 0.267 e. The third-order valence-electron chi connectivity index (χ3n) is 7.87. The van der Waals surface area contributed by atoms with Gasteiger partial charge in [-0.1, -0.05) is 29.9 Å². The van der Waals surface area contributed by atoms with E-state index < -0.39 is 41.1 Å². The highest BCUT2D eigenvalue weighted by atomic mass is 19.1. The molecule has 2 aromatic heterocycles.